The summed E-state index contributed by atoms with van der Waals surface area (Å²) in [6.45, 7) is 2.79. The Morgan fingerprint density at radius 1 is 1.20 bits per heavy atom. The van der Waals surface area contributed by atoms with E-state index in [1.165, 1.54) is 12.0 Å². The highest BCUT2D eigenvalue weighted by molar-refractivity contribution is 5.36. The predicted octanol–water partition coefficient (Wildman–Crippen LogP) is 4.07. The molecule has 0 bridgehead atoms. The zero-order valence-corrected chi connectivity index (χ0v) is 15.1. The summed E-state index contributed by atoms with van der Waals surface area (Å²) in [6, 6.07) is 0. The molecule has 0 heterocycles. The van der Waals surface area contributed by atoms with Gasteiger partial charge in [0, 0.05) is 6.42 Å². The largest absolute Gasteiger partial charge is 0.498 e. The monoisotopic (exact) mass is 336 g/mol. The van der Waals surface area contributed by atoms with Crippen molar-refractivity contribution < 1.29 is 9.84 Å². The molecule has 4 rings (SSSR count). The number of aliphatic hydroxyl groups is 1. The molecule has 4 aliphatic carbocycles. The maximum absolute atomic E-state index is 11.0. The second kappa shape index (κ2) is 5.96. The number of rotatable bonds is 2. The van der Waals surface area contributed by atoms with E-state index in [2.05, 4.69) is 24.0 Å². The molecule has 2 heteroatoms. The quantitative estimate of drug-likeness (QED) is 0.770. The fraction of sp³-hybridized carbons (Fsp3) is 0.652. The van der Waals surface area contributed by atoms with Gasteiger partial charge in [0.2, 0.25) is 0 Å². The summed E-state index contributed by atoms with van der Waals surface area (Å²) < 4.78 is 5.75. The molecule has 1 unspecified atom stereocenters. The van der Waals surface area contributed by atoms with Crippen LogP contribution >= 0.6 is 0 Å². The van der Waals surface area contributed by atoms with Crippen LogP contribution in [-0.2, 0) is 4.74 Å². The van der Waals surface area contributed by atoms with Crippen molar-refractivity contribution in [2.45, 2.75) is 57.5 Å². The lowest BCUT2D eigenvalue weighted by Gasteiger charge is -2.53. The van der Waals surface area contributed by atoms with Crippen molar-refractivity contribution in [1.29, 1.82) is 0 Å². The first-order valence-electron chi connectivity index (χ1n) is 9.80. The first-order valence-corrected chi connectivity index (χ1v) is 9.80. The lowest BCUT2D eigenvalue weighted by atomic mass is 9.51. The number of ether oxygens (including phenoxy) is 1. The third-order valence-corrected chi connectivity index (χ3v) is 7.55. The highest BCUT2D eigenvalue weighted by Crippen LogP contribution is 2.64. The standard InChI is InChI=1S/C23H28O2/c1-4-22-13-11-19-18-10-8-17(25-6-3)15-16(18)7-9-20(19)21(22)12-14-23(22,24)5-2/h1-2,7,15,18-21,24H,6,8-14H2,3H3/t18-,19+,20+,21-,22?,23-/m0/s1. The van der Waals surface area contributed by atoms with E-state index in [9.17, 15) is 5.11 Å². The Labute approximate surface area is 151 Å². The molecule has 0 saturated heterocycles. The SMILES string of the molecule is C#CC12CC[C@H]3[C@@H](CC=C4C=C(OCC)CC[C@@H]43)[C@@H]1CC[C@@]2(O)C#C. The topological polar surface area (TPSA) is 29.5 Å². The molecular weight excluding hydrogens is 308 g/mol. The van der Waals surface area contributed by atoms with Gasteiger partial charge >= 0.3 is 0 Å². The first kappa shape index (κ1) is 16.8. The van der Waals surface area contributed by atoms with Crippen LogP contribution < -0.4 is 0 Å². The van der Waals surface area contributed by atoms with E-state index in [0.29, 0.717) is 30.1 Å². The molecule has 132 valence electrons. The molecule has 0 aliphatic heterocycles. The Balaban J connectivity index is 1.65. The van der Waals surface area contributed by atoms with E-state index in [-0.39, 0.29) is 0 Å². The molecule has 25 heavy (non-hydrogen) atoms. The van der Waals surface area contributed by atoms with E-state index in [1.807, 2.05) is 6.92 Å². The molecule has 1 N–H and O–H groups in total. The zero-order valence-electron chi connectivity index (χ0n) is 15.1. The molecular formula is C23H28O2. The third kappa shape index (κ3) is 2.24. The van der Waals surface area contributed by atoms with Crippen molar-refractivity contribution in [3.05, 3.63) is 23.5 Å². The summed E-state index contributed by atoms with van der Waals surface area (Å²) in [4.78, 5) is 0. The van der Waals surface area contributed by atoms with Crippen LogP contribution in [0.4, 0.5) is 0 Å². The number of allylic oxidation sites excluding steroid dienone is 4. The van der Waals surface area contributed by atoms with E-state index in [0.717, 1.165) is 44.5 Å². The van der Waals surface area contributed by atoms with E-state index < -0.39 is 11.0 Å². The Kier molecular flexibility index (Phi) is 4.01. The van der Waals surface area contributed by atoms with Crippen LogP contribution in [0.2, 0.25) is 0 Å². The lowest BCUT2D eigenvalue weighted by Crippen LogP contribution is -2.52. The highest BCUT2D eigenvalue weighted by atomic mass is 16.5. The molecule has 0 aromatic carbocycles. The minimum atomic E-state index is -1.12. The number of fused-ring (bicyclic) bond motifs is 5. The average molecular weight is 336 g/mol. The van der Waals surface area contributed by atoms with E-state index >= 15 is 0 Å². The van der Waals surface area contributed by atoms with Gasteiger partial charge < -0.3 is 9.84 Å². The molecule has 0 radical (unpaired) electrons. The fourth-order valence-corrected chi connectivity index (χ4v) is 6.43. The fourth-order valence-electron chi connectivity index (χ4n) is 6.43. The minimum Gasteiger partial charge on any atom is -0.498 e. The van der Waals surface area contributed by atoms with Gasteiger partial charge in [0.25, 0.3) is 0 Å². The predicted molar refractivity (Wildman–Crippen MR) is 99.1 cm³/mol. The summed E-state index contributed by atoms with van der Waals surface area (Å²) >= 11 is 0. The molecule has 2 saturated carbocycles. The summed E-state index contributed by atoms with van der Waals surface area (Å²) in [5.74, 6) is 9.03. The Hall–Kier alpha value is -1.64. The summed E-state index contributed by atoms with van der Waals surface area (Å²) in [6.07, 6.45) is 23.2. The molecule has 0 amide bonds. The number of hydrogen-bond donors (Lipinski definition) is 1. The smallest absolute Gasteiger partial charge is 0.141 e. The van der Waals surface area contributed by atoms with Gasteiger partial charge in [0.1, 0.15) is 5.60 Å². The van der Waals surface area contributed by atoms with Crippen LogP contribution in [0.15, 0.2) is 23.5 Å². The van der Waals surface area contributed by atoms with Crippen molar-refractivity contribution in [3.8, 4) is 24.7 Å². The van der Waals surface area contributed by atoms with Gasteiger partial charge in [-0.15, -0.1) is 12.8 Å². The van der Waals surface area contributed by atoms with Crippen LogP contribution in [0.1, 0.15) is 51.9 Å². The third-order valence-electron chi connectivity index (χ3n) is 7.55. The van der Waals surface area contributed by atoms with Crippen LogP contribution in [0.25, 0.3) is 0 Å². The van der Waals surface area contributed by atoms with Gasteiger partial charge in [-0.1, -0.05) is 17.9 Å². The van der Waals surface area contributed by atoms with Gasteiger partial charge in [0.05, 0.1) is 17.8 Å². The molecule has 0 spiro atoms. The maximum atomic E-state index is 11.0. The molecule has 4 aliphatic rings. The second-order valence-corrected chi connectivity index (χ2v) is 8.26. The Morgan fingerprint density at radius 2 is 2.04 bits per heavy atom. The average Bonchev–Trinajstić information content (AvgIpc) is 2.95. The lowest BCUT2D eigenvalue weighted by molar-refractivity contribution is -0.0548. The molecule has 6 atom stereocenters. The Morgan fingerprint density at radius 3 is 2.76 bits per heavy atom. The van der Waals surface area contributed by atoms with Gasteiger partial charge in [-0.2, -0.15) is 0 Å². The van der Waals surface area contributed by atoms with E-state index in [4.69, 9.17) is 17.6 Å². The maximum Gasteiger partial charge on any atom is 0.141 e. The normalized spacial score (nSPS) is 45.0. The minimum absolute atomic E-state index is 0.354. The van der Waals surface area contributed by atoms with Crippen LogP contribution in [0.3, 0.4) is 0 Å². The van der Waals surface area contributed by atoms with Crippen molar-refractivity contribution in [3.63, 3.8) is 0 Å². The summed E-state index contributed by atoms with van der Waals surface area (Å²) in [5, 5.41) is 11.0. The van der Waals surface area contributed by atoms with Gasteiger partial charge in [-0.05, 0) is 80.8 Å². The van der Waals surface area contributed by atoms with Gasteiger partial charge in [-0.25, -0.2) is 0 Å². The van der Waals surface area contributed by atoms with Crippen molar-refractivity contribution in [2.24, 2.45) is 29.1 Å². The summed E-state index contributed by atoms with van der Waals surface area (Å²) in [5.41, 5.74) is -0.167. The molecule has 2 nitrogen and oxygen atoms in total. The van der Waals surface area contributed by atoms with Gasteiger partial charge in [0.15, 0.2) is 0 Å². The molecule has 0 aromatic heterocycles. The van der Waals surface area contributed by atoms with Crippen LogP contribution in [-0.4, -0.2) is 17.3 Å². The van der Waals surface area contributed by atoms with Crippen LogP contribution in [0.5, 0.6) is 0 Å². The second-order valence-electron chi connectivity index (χ2n) is 8.26. The number of terminal acetylenes is 2. The molecule has 2 fully saturated rings. The summed E-state index contributed by atoms with van der Waals surface area (Å²) in [7, 11) is 0. The Bertz CT molecular complexity index is 703. The van der Waals surface area contributed by atoms with Gasteiger partial charge in [-0.3, -0.25) is 0 Å². The van der Waals surface area contributed by atoms with Crippen molar-refractivity contribution >= 4 is 0 Å². The molecule has 0 aromatic rings. The van der Waals surface area contributed by atoms with Crippen molar-refractivity contribution in [1.82, 2.24) is 0 Å². The zero-order chi connectivity index (χ0) is 17.7. The van der Waals surface area contributed by atoms with Crippen LogP contribution in [0, 0.1) is 53.8 Å². The van der Waals surface area contributed by atoms with E-state index in [1.54, 1.807) is 0 Å². The highest BCUT2D eigenvalue weighted by Gasteiger charge is 2.63. The number of hydrogen-bond acceptors (Lipinski definition) is 2. The van der Waals surface area contributed by atoms with Crippen molar-refractivity contribution in [2.75, 3.05) is 6.61 Å². The first-order chi connectivity index (χ1) is 12.1.